The van der Waals surface area contributed by atoms with Crippen molar-refractivity contribution in [2.75, 3.05) is 0 Å². The van der Waals surface area contributed by atoms with Crippen LogP contribution in [0.4, 0.5) is 0 Å². The molecule has 2 nitrogen and oxygen atoms in total. The van der Waals surface area contributed by atoms with Gasteiger partial charge in [0.05, 0.1) is 0 Å². The molecule has 92 valence electrons. The molecule has 0 amide bonds. The van der Waals surface area contributed by atoms with Gasteiger partial charge < -0.3 is 5.11 Å². The zero-order chi connectivity index (χ0) is 13.3. The normalized spacial score (nSPS) is 10.4. The molecular weight excluding hydrogens is 224 g/mol. The van der Waals surface area contributed by atoms with Crippen molar-refractivity contribution < 1.29 is 9.90 Å². The van der Waals surface area contributed by atoms with Gasteiger partial charge in [-0.3, -0.25) is 4.79 Å². The van der Waals surface area contributed by atoms with Crippen LogP contribution < -0.4 is 0 Å². The van der Waals surface area contributed by atoms with Crippen molar-refractivity contribution in [2.45, 2.75) is 20.8 Å². The third-order valence-corrected chi connectivity index (χ3v) is 3.14. The Morgan fingerprint density at radius 2 is 1.61 bits per heavy atom. The monoisotopic (exact) mass is 240 g/mol. The number of aryl methyl sites for hydroxylation is 1. The van der Waals surface area contributed by atoms with E-state index in [1.807, 2.05) is 37.3 Å². The van der Waals surface area contributed by atoms with Crippen LogP contribution in [0.5, 0.6) is 5.75 Å². The average Bonchev–Trinajstić information content (AvgIpc) is 2.33. The molecule has 2 rings (SSSR count). The highest BCUT2D eigenvalue weighted by Crippen LogP contribution is 2.29. The molecule has 0 heterocycles. The maximum Gasteiger partial charge on any atom is 0.160 e. The van der Waals surface area contributed by atoms with Crippen LogP contribution in [-0.2, 0) is 0 Å². The first kappa shape index (κ1) is 12.4. The molecule has 2 heteroatoms. The Hall–Kier alpha value is -2.09. The van der Waals surface area contributed by atoms with Crippen molar-refractivity contribution in [2.24, 2.45) is 0 Å². The summed E-state index contributed by atoms with van der Waals surface area (Å²) in [6, 6.07) is 11.5. The van der Waals surface area contributed by atoms with Gasteiger partial charge in [-0.25, -0.2) is 0 Å². The lowest BCUT2D eigenvalue weighted by Gasteiger charge is -2.09. The quantitative estimate of drug-likeness (QED) is 0.809. The van der Waals surface area contributed by atoms with Gasteiger partial charge in [0, 0.05) is 11.1 Å². The number of rotatable bonds is 2. The highest BCUT2D eigenvalue weighted by atomic mass is 16.3. The summed E-state index contributed by atoms with van der Waals surface area (Å²) in [5.41, 5.74) is 4.26. The number of carbonyl (C=O) groups excluding carboxylic acids is 1. The van der Waals surface area contributed by atoms with Crippen molar-refractivity contribution in [3.05, 3.63) is 53.1 Å². The Labute approximate surface area is 107 Å². The highest BCUT2D eigenvalue weighted by Gasteiger charge is 2.11. The lowest BCUT2D eigenvalue weighted by molar-refractivity contribution is 0.101. The van der Waals surface area contributed by atoms with Crippen molar-refractivity contribution >= 4 is 5.78 Å². The van der Waals surface area contributed by atoms with Crippen LogP contribution in [0.25, 0.3) is 11.1 Å². The van der Waals surface area contributed by atoms with Crippen LogP contribution in [0, 0.1) is 13.8 Å². The van der Waals surface area contributed by atoms with E-state index in [9.17, 15) is 9.90 Å². The highest BCUT2D eigenvalue weighted by molar-refractivity contribution is 5.97. The summed E-state index contributed by atoms with van der Waals surface area (Å²) in [6.45, 7) is 5.29. The van der Waals surface area contributed by atoms with Crippen molar-refractivity contribution in [3.63, 3.8) is 0 Å². The van der Waals surface area contributed by atoms with Gasteiger partial charge in [-0.2, -0.15) is 0 Å². The van der Waals surface area contributed by atoms with Crippen LogP contribution in [-0.4, -0.2) is 10.9 Å². The fraction of sp³-hybridized carbons (Fsp3) is 0.188. The number of hydrogen-bond acceptors (Lipinski definition) is 2. The van der Waals surface area contributed by atoms with Gasteiger partial charge in [0.15, 0.2) is 5.78 Å². The van der Waals surface area contributed by atoms with Gasteiger partial charge in [-0.05, 0) is 44.0 Å². The van der Waals surface area contributed by atoms with E-state index in [1.54, 1.807) is 13.0 Å². The number of Topliss-reactive ketones (excluding diaryl/α,β-unsaturated/α-hetero) is 1. The van der Waals surface area contributed by atoms with Crippen molar-refractivity contribution in [3.8, 4) is 16.9 Å². The second kappa shape index (κ2) is 4.65. The summed E-state index contributed by atoms with van der Waals surface area (Å²) in [5.74, 6) is 0.134. The molecule has 0 bridgehead atoms. The number of carbonyl (C=O) groups is 1. The molecule has 0 aliphatic carbocycles. The van der Waals surface area contributed by atoms with Crippen LogP contribution in [0.1, 0.15) is 28.4 Å². The van der Waals surface area contributed by atoms with Gasteiger partial charge in [0.25, 0.3) is 0 Å². The smallest absolute Gasteiger partial charge is 0.160 e. The van der Waals surface area contributed by atoms with Crippen LogP contribution in [0.3, 0.4) is 0 Å². The zero-order valence-corrected chi connectivity index (χ0v) is 10.8. The summed E-state index contributed by atoms with van der Waals surface area (Å²) in [6.07, 6.45) is 0. The Balaban J connectivity index is 2.59. The standard InChI is InChI=1S/C16H16O2/c1-10-4-6-13(7-5-10)14-8-15(12(3)17)11(2)16(18)9-14/h4-9,18H,1-3H3. The maximum atomic E-state index is 11.5. The zero-order valence-electron chi connectivity index (χ0n) is 10.8. The average molecular weight is 240 g/mol. The lowest BCUT2D eigenvalue weighted by Crippen LogP contribution is -1.97. The van der Waals surface area contributed by atoms with E-state index in [0.29, 0.717) is 11.1 Å². The minimum atomic E-state index is -0.0308. The van der Waals surface area contributed by atoms with E-state index in [2.05, 4.69) is 0 Å². The number of phenolic OH excluding ortho intramolecular Hbond substituents is 1. The van der Waals surface area contributed by atoms with Crippen molar-refractivity contribution in [1.29, 1.82) is 0 Å². The summed E-state index contributed by atoms with van der Waals surface area (Å²) < 4.78 is 0. The molecule has 2 aromatic rings. The predicted molar refractivity (Wildman–Crippen MR) is 73.0 cm³/mol. The molecule has 0 aliphatic rings. The first-order valence-corrected chi connectivity index (χ1v) is 5.90. The maximum absolute atomic E-state index is 11.5. The number of benzene rings is 2. The first-order chi connectivity index (χ1) is 8.49. The van der Waals surface area contributed by atoms with Gasteiger partial charge in [-0.1, -0.05) is 29.8 Å². The first-order valence-electron chi connectivity index (χ1n) is 5.90. The number of hydrogen-bond donors (Lipinski definition) is 1. The van der Waals surface area contributed by atoms with Gasteiger partial charge in [0.1, 0.15) is 5.75 Å². The minimum absolute atomic E-state index is 0.0308. The Kier molecular flexibility index (Phi) is 3.19. The third kappa shape index (κ3) is 2.28. The summed E-state index contributed by atoms with van der Waals surface area (Å²) in [5, 5.41) is 9.89. The molecule has 0 unspecified atom stereocenters. The Morgan fingerprint density at radius 3 is 2.17 bits per heavy atom. The summed E-state index contributed by atoms with van der Waals surface area (Å²) in [4.78, 5) is 11.5. The number of phenols is 1. The van der Waals surface area contributed by atoms with Crippen molar-refractivity contribution in [1.82, 2.24) is 0 Å². The van der Waals surface area contributed by atoms with Crippen LogP contribution in [0.15, 0.2) is 36.4 Å². The predicted octanol–water partition coefficient (Wildman–Crippen LogP) is 3.88. The summed E-state index contributed by atoms with van der Waals surface area (Å²) in [7, 11) is 0. The van der Waals surface area contributed by atoms with E-state index in [-0.39, 0.29) is 11.5 Å². The molecule has 1 N–H and O–H groups in total. The molecule has 0 spiro atoms. The van der Waals surface area contributed by atoms with Gasteiger partial charge in [-0.15, -0.1) is 0 Å². The van der Waals surface area contributed by atoms with E-state index in [0.717, 1.165) is 11.1 Å². The molecule has 0 atom stereocenters. The SMILES string of the molecule is CC(=O)c1cc(-c2ccc(C)cc2)cc(O)c1C. The number of aromatic hydroxyl groups is 1. The van der Waals surface area contributed by atoms with Gasteiger partial charge >= 0.3 is 0 Å². The molecule has 2 aromatic carbocycles. The van der Waals surface area contributed by atoms with Crippen LogP contribution in [0.2, 0.25) is 0 Å². The molecule has 0 saturated carbocycles. The minimum Gasteiger partial charge on any atom is -0.508 e. The molecule has 0 aromatic heterocycles. The molecule has 0 saturated heterocycles. The second-order valence-corrected chi connectivity index (χ2v) is 4.59. The fourth-order valence-corrected chi connectivity index (χ4v) is 1.98. The Bertz CT molecular complexity index is 595. The molecule has 0 fully saturated rings. The second-order valence-electron chi connectivity index (χ2n) is 4.59. The largest absolute Gasteiger partial charge is 0.508 e. The van der Waals surface area contributed by atoms with E-state index in [4.69, 9.17) is 0 Å². The molecule has 0 aliphatic heterocycles. The van der Waals surface area contributed by atoms with E-state index >= 15 is 0 Å². The van der Waals surface area contributed by atoms with Crippen LogP contribution >= 0.6 is 0 Å². The molecular formula is C16H16O2. The van der Waals surface area contributed by atoms with E-state index in [1.165, 1.54) is 12.5 Å². The lowest BCUT2D eigenvalue weighted by atomic mass is 9.96. The summed E-state index contributed by atoms with van der Waals surface area (Å²) >= 11 is 0. The Morgan fingerprint density at radius 1 is 1.00 bits per heavy atom. The third-order valence-electron chi connectivity index (χ3n) is 3.14. The number of ketones is 1. The molecule has 18 heavy (non-hydrogen) atoms. The van der Waals surface area contributed by atoms with Gasteiger partial charge in [0.2, 0.25) is 0 Å². The molecule has 0 radical (unpaired) electrons. The topological polar surface area (TPSA) is 37.3 Å². The van der Waals surface area contributed by atoms with E-state index < -0.39 is 0 Å². The fourth-order valence-electron chi connectivity index (χ4n) is 1.98.